The van der Waals surface area contributed by atoms with E-state index in [0.717, 1.165) is 44.2 Å². The van der Waals surface area contributed by atoms with Gasteiger partial charge < -0.3 is 9.47 Å². The number of ether oxygens (including phenoxy) is 2. The molecule has 0 aromatic heterocycles. The standard InChI is InChI=1S/C29H39NO5/c1-16-9-20-19(21(31)10-16)11-22(32)24-25(20,3)15-29-27(5,26(24,4)13-23(33)35-29)6-7-28-12-17(2)8-18(34-28)14-30(28)29/h10,17-20,24H,6-9,11-15H2,1-5H3/t17-,18-,19-,20+,24-,25-,26-,27-,28-,29+/m0/s1. The largest absolute Gasteiger partial charge is 0.443 e. The maximum atomic E-state index is 14.0. The highest BCUT2D eigenvalue weighted by molar-refractivity contribution is 5.99. The van der Waals surface area contributed by atoms with Crippen LogP contribution in [0.3, 0.4) is 0 Å². The molecule has 3 aliphatic carbocycles. The van der Waals surface area contributed by atoms with Gasteiger partial charge in [0.15, 0.2) is 11.5 Å². The average molecular weight is 482 g/mol. The molecule has 2 saturated carbocycles. The highest BCUT2D eigenvalue weighted by atomic mass is 16.6. The third-order valence-electron chi connectivity index (χ3n) is 12.3. The van der Waals surface area contributed by atoms with Gasteiger partial charge in [-0.2, -0.15) is 0 Å². The van der Waals surface area contributed by atoms with Crippen LogP contribution in [0.25, 0.3) is 0 Å². The van der Waals surface area contributed by atoms with Gasteiger partial charge in [-0.1, -0.05) is 33.3 Å². The number of carbonyl (C=O) groups excluding carboxylic acids is 3. The summed E-state index contributed by atoms with van der Waals surface area (Å²) < 4.78 is 13.4. The van der Waals surface area contributed by atoms with Gasteiger partial charge in [0.25, 0.3) is 0 Å². The molecule has 4 saturated heterocycles. The molecule has 4 aliphatic heterocycles. The second-order valence-electron chi connectivity index (χ2n) is 14.1. The molecule has 0 N–H and O–H groups in total. The van der Waals surface area contributed by atoms with Crippen molar-refractivity contribution >= 4 is 17.5 Å². The lowest BCUT2D eigenvalue weighted by Gasteiger charge is -2.76. The zero-order chi connectivity index (χ0) is 24.8. The van der Waals surface area contributed by atoms with E-state index in [0.29, 0.717) is 18.8 Å². The first-order chi connectivity index (χ1) is 16.4. The van der Waals surface area contributed by atoms with Crippen molar-refractivity contribution in [3.05, 3.63) is 11.6 Å². The number of allylic oxidation sites excluding steroid dienone is 2. The van der Waals surface area contributed by atoms with E-state index in [1.165, 1.54) is 0 Å². The summed E-state index contributed by atoms with van der Waals surface area (Å²) in [7, 11) is 0. The van der Waals surface area contributed by atoms with Gasteiger partial charge in [0, 0.05) is 36.6 Å². The number of piperidine rings is 1. The Morgan fingerprint density at radius 2 is 1.86 bits per heavy atom. The number of hydrogen-bond donors (Lipinski definition) is 0. The summed E-state index contributed by atoms with van der Waals surface area (Å²) in [6, 6.07) is 0. The Morgan fingerprint density at radius 3 is 2.63 bits per heavy atom. The van der Waals surface area contributed by atoms with E-state index in [9.17, 15) is 14.4 Å². The van der Waals surface area contributed by atoms with E-state index in [2.05, 4.69) is 32.6 Å². The van der Waals surface area contributed by atoms with Gasteiger partial charge in [-0.25, -0.2) is 4.90 Å². The number of hydrogen-bond acceptors (Lipinski definition) is 6. The highest BCUT2D eigenvalue weighted by Gasteiger charge is 2.82. The lowest BCUT2D eigenvalue weighted by Crippen LogP contribution is -2.82. The van der Waals surface area contributed by atoms with Crippen molar-refractivity contribution < 1.29 is 23.9 Å². The lowest BCUT2D eigenvalue weighted by molar-refractivity contribution is -0.379. The Kier molecular flexibility index (Phi) is 4.19. The number of rotatable bonds is 0. The molecule has 4 heterocycles. The maximum absolute atomic E-state index is 14.0. The van der Waals surface area contributed by atoms with Crippen molar-refractivity contribution in [2.24, 2.45) is 39.9 Å². The number of fused-ring (bicyclic) bond motifs is 5. The van der Waals surface area contributed by atoms with E-state index < -0.39 is 16.6 Å². The molecule has 7 rings (SSSR count). The number of esters is 1. The van der Waals surface area contributed by atoms with Crippen LogP contribution in [0.1, 0.15) is 86.0 Å². The van der Waals surface area contributed by atoms with Crippen molar-refractivity contribution in [3.8, 4) is 0 Å². The fraction of sp³-hybridized carbons (Fsp3) is 0.828. The van der Waals surface area contributed by atoms with Crippen LogP contribution >= 0.6 is 0 Å². The zero-order valence-electron chi connectivity index (χ0n) is 21.8. The number of carbonyl (C=O) groups is 3. The second kappa shape index (κ2) is 6.48. The molecule has 35 heavy (non-hydrogen) atoms. The molecule has 0 amide bonds. The van der Waals surface area contributed by atoms with E-state index in [-0.39, 0.29) is 59.0 Å². The van der Waals surface area contributed by atoms with E-state index >= 15 is 0 Å². The van der Waals surface area contributed by atoms with Gasteiger partial charge in [0.05, 0.1) is 12.5 Å². The predicted molar refractivity (Wildman–Crippen MR) is 128 cm³/mol. The molecule has 1 spiro atoms. The third kappa shape index (κ3) is 2.43. The van der Waals surface area contributed by atoms with Crippen LogP contribution in [0, 0.1) is 39.9 Å². The van der Waals surface area contributed by atoms with Crippen molar-refractivity contribution in [2.75, 3.05) is 6.54 Å². The van der Waals surface area contributed by atoms with Crippen molar-refractivity contribution in [1.82, 2.24) is 4.90 Å². The molecule has 10 atom stereocenters. The molecular formula is C29H39NO5. The number of Topliss-reactive ketones (excluding diaryl/α,β-unsaturated/α-hetero) is 1. The minimum atomic E-state index is -0.806. The summed E-state index contributed by atoms with van der Waals surface area (Å²) in [6.07, 6.45) is 7.78. The minimum Gasteiger partial charge on any atom is -0.443 e. The highest BCUT2D eigenvalue weighted by Crippen LogP contribution is 2.77. The molecule has 190 valence electrons. The van der Waals surface area contributed by atoms with Crippen molar-refractivity contribution in [3.63, 3.8) is 0 Å². The Bertz CT molecular complexity index is 1100. The van der Waals surface area contributed by atoms with Gasteiger partial charge in [-0.3, -0.25) is 14.4 Å². The van der Waals surface area contributed by atoms with E-state index in [1.54, 1.807) is 6.08 Å². The molecule has 7 aliphatic rings. The molecule has 0 unspecified atom stereocenters. The van der Waals surface area contributed by atoms with Gasteiger partial charge in [0.2, 0.25) is 0 Å². The SMILES string of the molecule is CC1=CC(=O)[C@H]2CC(=O)[C@H]3[C@@](C)(C[C@@]45OC(=O)C[C@]3(C)[C@]4(C)CC[C@]34C[C@@H](C)C[C@@H](CN35)O4)[C@@H]2C1. The first-order valence-corrected chi connectivity index (χ1v) is 13.8. The quantitative estimate of drug-likeness (QED) is 0.477. The summed E-state index contributed by atoms with van der Waals surface area (Å²) in [4.78, 5) is 43.1. The zero-order valence-corrected chi connectivity index (χ0v) is 21.8. The Morgan fingerprint density at radius 1 is 1.09 bits per heavy atom. The van der Waals surface area contributed by atoms with Crippen LogP contribution in [0.15, 0.2) is 11.6 Å². The molecule has 6 nitrogen and oxygen atoms in total. The summed E-state index contributed by atoms with van der Waals surface area (Å²) in [5, 5.41) is 0. The van der Waals surface area contributed by atoms with Crippen LogP contribution in [-0.4, -0.2) is 46.5 Å². The van der Waals surface area contributed by atoms with Crippen LogP contribution in [0.4, 0.5) is 0 Å². The van der Waals surface area contributed by atoms with Crippen molar-refractivity contribution in [2.45, 2.75) is 104 Å². The van der Waals surface area contributed by atoms with Crippen molar-refractivity contribution in [1.29, 1.82) is 0 Å². The molecule has 4 bridgehead atoms. The fourth-order valence-electron chi connectivity index (χ4n) is 11.0. The Balaban J connectivity index is 1.44. The van der Waals surface area contributed by atoms with Crippen LogP contribution < -0.4 is 0 Å². The Labute approximate surface area is 208 Å². The molecule has 6 fully saturated rings. The van der Waals surface area contributed by atoms with Gasteiger partial charge in [-0.15, -0.1) is 0 Å². The Hall–Kier alpha value is -1.53. The van der Waals surface area contributed by atoms with Gasteiger partial charge >= 0.3 is 5.97 Å². The summed E-state index contributed by atoms with van der Waals surface area (Å²) in [5.41, 5.74) is -1.36. The molecule has 0 radical (unpaired) electrons. The average Bonchev–Trinajstić information content (AvgIpc) is 3.01. The van der Waals surface area contributed by atoms with Crippen LogP contribution in [0.5, 0.6) is 0 Å². The first kappa shape index (κ1) is 22.7. The van der Waals surface area contributed by atoms with Gasteiger partial charge in [0.1, 0.15) is 11.5 Å². The smallest absolute Gasteiger partial charge is 0.308 e. The molecule has 0 aromatic rings. The van der Waals surface area contributed by atoms with E-state index in [4.69, 9.17) is 9.47 Å². The lowest BCUT2D eigenvalue weighted by atomic mass is 9.34. The fourth-order valence-corrected chi connectivity index (χ4v) is 11.0. The van der Waals surface area contributed by atoms with Gasteiger partial charge in [-0.05, 0) is 67.8 Å². The summed E-state index contributed by atoms with van der Waals surface area (Å²) >= 11 is 0. The first-order valence-electron chi connectivity index (χ1n) is 13.8. The van der Waals surface area contributed by atoms with E-state index in [1.807, 2.05) is 6.92 Å². The topological polar surface area (TPSA) is 72.9 Å². The predicted octanol–water partition coefficient (Wildman–Crippen LogP) is 4.41. The van der Waals surface area contributed by atoms with Crippen LogP contribution in [0.2, 0.25) is 0 Å². The maximum Gasteiger partial charge on any atom is 0.308 e. The number of ketones is 2. The third-order valence-corrected chi connectivity index (χ3v) is 12.3. The molecule has 0 aromatic carbocycles. The summed E-state index contributed by atoms with van der Waals surface area (Å²) in [5.74, 6) is 0.300. The molecule has 6 heteroatoms. The second-order valence-corrected chi connectivity index (χ2v) is 14.1. The summed E-state index contributed by atoms with van der Waals surface area (Å²) in [6.45, 7) is 11.9. The number of nitrogens with zero attached hydrogens (tertiary/aromatic N) is 1. The minimum absolute atomic E-state index is 0.0972. The molecular weight excluding hydrogens is 442 g/mol. The monoisotopic (exact) mass is 481 g/mol. The van der Waals surface area contributed by atoms with Crippen LogP contribution in [-0.2, 0) is 23.9 Å². The normalized spacial score (nSPS) is 56.9.